The quantitative estimate of drug-likeness (QED) is 0.647. The van der Waals surface area contributed by atoms with Crippen LogP contribution in [0.1, 0.15) is 13.8 Å². The van der Waals surface area contributed by atoms with Crippen LogP contribution < -0.4 is 5.73 Å². The first kappa shape index (κ1) is 13.4. The van der Waals surface area contributed by atoms with Gasteiger partial charge in [-0.2, -0.15) is 0 Å². The van der Waals surface area contributed by atoms with E-state index in [9.17, 15) is 4.79 Å². The minimum absolute atomic E-state index is 0.0797. The second-order valence-corrected chi connectivity index (χ2v) is 4.16. The van der Waals surface area contributed by atoms with E-state index in [0.29, 0.717) is 19.2 Å². The first-order chi connectivity index (χ1) is 7.69. The zero-order chi connectivity index (χ0) is 12.0. The van der Waals surface area contributed by atoms with Gasteiger partial charge in [0.2, 0.25) is 5.91 Å². The smallest absolute Gasteiger partial charge is 0.248 e. The van der Waals surface area contributed by atoms with Crippen molar-refractivity contribution < 1.29 is 9.53 Å². The summed E-state index contributed by atoms with van der Waals surface area (Å²) < 4.78 is 5.16. The molecule has 0 aromatic carbocycles. The second-order valence-electron chi connectivity index (χ2n) is 4.16. The summed E-state index contributed by atoms with van der Waals surface area (Å²) in [6.07, 6.45) is 0. The maximum atomic E-state index is 11.8. The van der Waals surface area contributed by atoms with Gasteiger partial charge in [0.1, 0.15) is 6.61 Å². The highest BCUT2D eigenvalue weighted by atomic mass is 16.5. The molecule has 5 nitrogen and oxygen atoms in total. The Morgan fingerprint density at radius 2 is 2.25 bits per heavy atom. The summed E-state index contributed by atoms with van der Waals surface area (Å²) in [4.78, 5) is 16.0. The molecule has 94 valence electrons. The summed E-state index contributed by atoms with van der Waals surface area (Å²) in [5.41, 5.74) is 5.29. The summed E-state index contributed by atoms with van der Waals surface area (Å²) in [6, 6.07) is 0.442. The van der Waals surface area contributed by atoms with Crippen LogP contribution in [0, 0.1) is 0 Å². The van der Waals surface area contributed by atoms with Gasteiger partial charge >= 0.3 is 0 Å². The Kier molecular flexibility index (Phi) is 5.73. The Balaban J connectivity index is 2.30. The minimum Gasteiger partial charge on any atom is -0.370 e. The van der Waals surface area contributed by atoms with Crippen LogP contribution in [0.3, 0.4) is 0 Å². The molecule has 0 bridgehead atoms. The maximum Gasteiger partial charge on any atom is 0.248 e. The molecule has 0 aliphatic carbocycles. The van der Waals surface area contributed by atoms with Crippen molar-refractivity contribution in [3.63, 3.8) is 0 Å². The van der Waals surface area contributed by atoms with E-state index in [0.717, 1.165) is 26.2 Å². The molecule has 0 radical (unpaired) electrons. The number of rotatable bonds is 5. The highest BCUT2D eigenvalue weighted by Gasteiger charge is 2.25. The van der Waals surface area contributed by atoms with Crippen LogP contribution in [0.15, 0.2) is 0 Å². The van der Waals surface area contributed by atoms with Crippen molar-refractivity contribution in [1.29, 1.82) is 0 Å². The van der Waals surface area contributed by atoms with E-state index in [1.54, 1.807) is 0 Å². The lowest BCUT2D eigenvalue weighted by molar-refractivity contribution is -0.138. The monoisotopic (exact) mass is 229 g/mol. The lowest BCUT2D eigenvalue weighted by Gasteiger charge is -2.39. The first-order valence-electron chi connectivity index (χ1n) is 5.98. The number of likely N-dealkylation sites (N-methyl/N-ethyl adjacent to an activating group) is 1. The van der Waals surface area contributed by atoms with Crippen LogP contribution in [0.25, 0.3) is 0 Å². The molecule has 0 spiro atoms. The maximum absolute atomic E-state index is 11.8. The van der Waals surface area contributed by atoms with Crippen molar-refractivity contribution in [3.05, 3.63) is 0 Å². The lowest BCUT2D eigenvalue weighted by Crippen LogP contribution is -2.54. The molecular weight excluding hydrogens is 206 g/mol. The van der Waals surface area contributed by atoms with Gasteiger partial charge < -0.3 is 15.4 Å². The van der Waals surface area contributed by atoms with Crippen LogP contribution in [-0.4, -0.2) is 67.7 Å². The Labute approximate surface area is 97.5 Å². The molecule has 5 heteroatoms. The van der Waals surface area contributed by atoms with E-state index in [2.05, 4.69) is 18.7 Å². The normalized spacial score (nSPS) is 22.4. The molecule has 1 aliphatic rings. The highest BCUT2D eigenvalue weighted by Crippen LogP contribution is 2.08. The highest BCUT2D eigenvalue weighted by molar-refractivity contribution is 5.77. The van der Waals surface area contributed by atoms with Crippen molar-refractivity contribution in [2.75, 3.05) is 45.9 Å². The van der Waals surface area contributed by atoms with Gasteiger partial charge in [-0.15, -0.1) is 0 Å². The van der Waals surface area contributed by atoms with E-state index in [1.807, 2.05) is 4.90 Å². The topological polar surface area (TPSA) is 58.8 Å². The zero-order valence-electron chi connectivity index (χ0n) is 10.3. The third-order valence-electron chi connectivity index (χ3n) is 3.01. The summed E-state index contributed by atoms with van der Waals surface area (Å²) in [5.74, 6) is 0.0797. The number of hydrogen-bond acceptors (Lipinski definition) is 4. The van der Waals surface area contributed by atoms with Gasteiger partial charge in [0.25, 0.3) is 0 Å². The van der Waals surface area contributed by atoms with Gasteiger partial charge in [-0.3, -0.25) is 9.69 Å². The van der Waals surface area contributed by atoms with E-state index in [1.165, 1.54) is 0 Å². The second kappa shape index (κ2) is 6.83. The molecule has 0 aromatic heterocycles. The van der Waals surface area contributed by atoms with E-state index in [-0.39, 0.29) is 12.5 Å². The fourth-order valence-corrected chi connectivity index (χ4v) is 2.03. The summed E-state index contributed by atoms with van der Waals surface area (Å²) in [6.45, 7) is 9.01. The number of carbonyl (C=O) groups is 1. The van der Waals surface area contributed by atoms with Gasteiger partial charge in [-0.25, -0.2) is 0 Å². The molecule has 16 heavy (non-hydrogen) atoms. The predicted molar refractivity (Wildman–Crippen MR) is 63.2 cm³/mol. The molecule has 1 rings (SSSR count). The van der Waals surface area contributed by atoms with Crippen molar-refractivity contribution in [3.8, 4) is 0 Å². The number of piperazine rings is 1. The number of hydrogen-bond donors (Lipinski definition) is 1. The number of nitrogens with zero attached hydrogens (tertiary/aromatic N) is 2. The number of ether oxygens (including phenoxy) is 1. The molecule has 0 saturated carbocycles. The Morgan fingerprint density at radius 3 is 2.81 bits per heavy atom. The van der Waals surface area contributed by atoms with Crippen molar-refractivity contribution >= 4 is 5.91 Å². The standard InChI is InChI=1S/C11H23N3O2/c1-3-13-5-6-14(8-10(13)2)11(15)9-16-7-4-12/h10H,3-9,12H2,1-2H3. The van der Waals surface area contributed by atoms with E-state index in [4.69, 9.17) is 10.5 Å². The van der Waals surface area contributed by atoms with E-state index >= 15 is 0 Å². The fraction of sp³-hybridized carbons (Fsp3) is 0.909. The molecule has 1 amide bonds. The fourth-order valence-electron chi connectivity index (χ4n) is 2.03. The van der Waals surface area contributed by atoms with Crippen molar-refractivity contribution in [2.45, 2.75) is 19.9 Å². The van der Waals surface area contributed by atoms with Gasteiger partial charge in [-0.1, -0.05) is 6.92 Å². The third-order valence-corrected chi connectivity index (χ3v) is 3.01. The molecular formula is C11H23N3O2. The Bertz CT molecular complexity index is 223. The van der Waals surface area contributed by atoms with Crippen molar-refractivity contribution in [1.82, 2.24) is 9.80 Å². The van der Waals surface area contributed by atoms with E-state index < -0.39 is 0 Å². The average molecular weight is 229 g/mol. The summed E-state index contributed by atoms with van der Waals surface area (Å²) >= 11 is 0. The molecule has 1 unspecified atom stereocenters. The van der Waals surface area contributed by atoms with Crippen LogP contribution in [0.5, 0.6) is 0 Å². The summed E-state index contributed by atoms with van der Waals surface area (Å²) in [5, 5.41) is 0. The number of carbonyl (C=O) groups excluding carboxylic acids is 1. The Morgan fingerprint density at radius 1 is 1.50 bits per heavy atom. The predicted octanol–water partition coefficient (Wildman–Crippen LogP) is -0.486. The summed E-state index contributed by atoms with van der Waals surface area (Å²) in [7, 11) is 0. The first-order valence-corrected chi connectivity index (χ1v) is 5.98. The zero-order valence-corrected chi connectivity index (χ0v) is 10.3. The molecule has 1 atom stereocenters. The van der Waals surface area contributed by atoms with Crippen LogP contribution in [0.4, 0.5) is 0 Å². The van der Waals surface area contributed by atoms with Gasteiger partial charge in [0, 0.05) is 32.2 Å². The Hall–Kier alpha value is -0.650. The van der Waals surface area contributed by atoms with Crippen LogP contribution >= 0.6 is 0 Å². The molecule has 1 fully saturated rings. The van der Waals surface area contributed by atoms with Gasteiger partial charge in [-0.05, 0) is 13.5 Å². The molecule has 1 aliphatic heterocycles. The average Bonchev–Trinajstić information content (AvgIpc) is 2.29. The third kappa shape index (κ3) is 3.73. The minimum atomic E-state index is 0.0797. The molecule has 1 heterocycles. The SMILES string of the molecule is CCN1CCN(C(=O)COCCN)CC1C. The van der Waals surface area contributed by atoms with Crippen molar-refractivity contribution in [2.24, 2.45) is 5.73 Å². The van der Waals surface area contributed by atoms with Gasteiger partial charge in [0.15, 0.2) is 0 Å². The largest absolute Gasteiger partial charge is 0.370 e. The number of amides is 1. The van der Waals surface area contributed by atoms with Crippen LogP contribution in [0.2, 0.25) is 0 Å². The molecule has 0 aromatic rings. The van der Waals surface area contributed by atoms with Crippen LogP contribution in [-0.2, 0) is 9.53 Å². The number of nitrogens with two attached hydrogens (primary N) is 1. The van der Waals surface area contributed by atoms with Gasteiger partial charge in [0.05, 0.1) is 6.61 Å². The lowest BCUT2D eigenvalue weighted by atomic mass is 10.2. The molecule has 2 N–H and O–H groups in total. The molecule has 1 saturated heterocycles.